The molecule has 154 valence electrons. The molecule has 1 aromatic carbocycles. The van der Waals surface area contributed by atoms with E-state index in [1.807, 2.05) is 35.5 Å². The standard InChI is InChI=1S/C23H28ClN3O2/c1-2-21-15-26(14-19-3-4-20(24)13-22(19)29-21)16-23(28)27-11-7-18(8-12-27)17-5-9-25-10-6-17/h3-6,9-10,13,18,21H,2,7-8,11-12,14-16H2,1H3/t21-/m0/s1. The van der Waals surface area contributed by atoms with Crippen molar-refractivity contribution in [2.45, 2.75) is 44.8 Å². The van der Waals surface area contributed by atoms with Gasteiger partial charge in [0, 0.05) is 49.2 Å². The lowest BCUT2D eigenvalue weighted by atomic mass is 9.90. The first-order chi connectivity index (χ1) is 14.1. The number of benzene rings is 1. The van der Waals surface area contributed by atoms with E-state index < -0.39 is 0 Å². The Labute approximate surface area is 177 Å². The number of fused-ring (bicyclic) bond motifs is 1. The van der Waals surface area contributed by atoms with E-state index in [1.54, 1.807) is 0 Å². The van der Waals surface area contributed by atoms with Crippen LogP contribution in [0.4, 0.5) is 0 Å². The molecule has 0 spiro atoms. The fourth-order valence-corrected chi connectivity index (χ4v) is 4.46. The summed E-state index contributed by atoms with van der Waals surface area (Å²) in [6, 6.07) is 9.96. The van der Waals surface area contributed by atoms with Gasteiger partial charge in [0.1, 0.15) is 11.9 Å². The minimum Gasteiger partial charge on any atom is -0.489 e. The molecule has 2 aliphatic heterocycles. The summed E-state index contributed by atoms with van der Waals surface area (Å²) in [6.45, 7) is 5.65. The van der Waals surface area contributed by atoms with Crippen LogP contribution >= 0.6 is 11.6 Å². The van der Waals surface area contributed by atoms with Crippen molar-refractivity contribution in [2.24, 2.45) is 0 Å². The first-order valence-corrected chi connectivity index (χ1v) is 10.8. The third-order valence-electron chi connectivity index (χ3n) is 6.02. The Balaban J connectivity index is 1.37. The highest BCUT2D eigenvalue weighted by Gasteiger charge is 2.28. The molecule has 1 amide bonds. The quantitative estimate of drug-likeness (QED) is 0.756. The Morgan fingerprint density at radius 2 is 1.97 bits per heavy atom. The Bertz CT molecular complexity index is 837. The number of rotatable bonds is 4. The second-order valence-electron chi connectivity index (χ2n) is 8.01. The van der Waals surface area contributed by atoms with Crippen molar-refractivity contribution in [3.05, 3.63) is 58.9 Å². The van der Waals surface area contributed by atoms with Gasteiger partial charge in [-0.05, 0) is 55.0 Å². The van der Waals surface area contributed by atoms with Gasteiger partial charge in [0.15, 0.2) is 0 Å². The van der Waals surface area contributed by atoms with Crippen molar-refractivity contribution in [2.75, 3.05) is 26.2 Å². The molecule has 0 radical (unpaired) electrons. The molecule has 1 fully saturated rings. The van der Waals surface area contributed by atoms with Gasteiger partial charge in [0.25, 0.3) is 0 Å². The van der Waals surface area contributed by atoms with Gasteiger partial charge < -0.3 is 9.64 Å². The first kappa shape index (κ1) is 20.2. The summed E-state index contributed by atoms with van der Waals surface area (Å²) >= 11 is 6.14. The van der Waals surface area contributed by atoms with Crippen LogP contribution in [0.1, 0.15) is 43.2 Å². The Morgan fingerprint density at radius 1 is 1.21 bits per heavy atom. The van der Waals surface area contributed by atoms with Gasteiger partial charge in [-0.1, -0.05) is 24.6 Å². The Morgan fingerprint density at radius 3 is 2.69 bits per heavy atom. The number of hydrogen-bond donors (Lipinski definition) is 0. The number of halogens is 1. The molecule has 1 saturated heterocycles. The van der Waals surface area contributed by atoms with Crippen LogP contribution in [0, 0.1) is 0 Å². The first-order valence-electron chi connectivity index (χ1n) is 10.5. The van der Waals surface area contributed by atoms with Crippen LogP contribution in [0.2, 0.25) is 5.02 Å². The zero-order valence-electron chi connectivity index (χ0n) is 16.9. The van der Waals surface area contributed by atoms with E-state index in [-0.39, 0.29) is 12.0 Å². The molecule has 2 aromatic rings. The van der Waals surface area contributed by atoms with Crippen molar-refractivity contribution in [3.8, 4) is 5.75 Å². The number of nitrogens with zero attached hydrogens (tertiary/aromatic N) is 3. The van der Waals surface area contributed by atoms with E-state index in [9.17, 15) is 4.79 Å². The van der Waals surface area contributed by atoms with Gasteiger partial charge in [-0.15, -0.1) is 0 Å². The maximum Gasteiger partial charge on any atom is 0.236 e. The lowest BCUT2D eigenvalue weighted by Crippen LogP contribution is -2.45. The predicted octanol–water partition coefficient (Wildman–Crippen LogP) is 4.11. The van der Waals surface area contributed by atoms with E-state index in [0.717, 1.165) is 50.2 Å². The minimum absolute atomic E-state index is 0.0694. The second-order valence-corrected chi connectivity index (χ2v) is 8.44. The summed E-state index contributed by atoms with van der Waals surface area (Å²) in [6.07, 6.45) is 6.69. The Kier molecular flexibility index (Phi) is 6.36. The average molecular weight is 414 g/mol. The third-order valence-corrected chi connectivity index (χ3v) is 6.25. The van der Waals surface area contributed by atoms with Crippen LogP contribution in [-0.4, -0.2) is 53.0 Å². The van der Waals surface area contributed by atoms with Crippen molar-refractivity contribution < 1.29 is 9.53 Å². The van der Waals surface area contributed by atoms with Gasteiger partial charge in [-0.3, -0.25) is 14.7 Å². The smallest absolute Gasteiger partial charge is 0.236 e. The molecular formula is C23H28ClN3O2. The topological polar surface area (TPSA) is 45.7 Å². The second kappa shape index (κ2) is 9.14. The molecule has 4 rings (SSSR count). The highest BCUT2D eigenvalue weighted by molar-refractivity contribution is 6.30. The van der Waals surface area contributed by atoms with Crippen molar-refractivity contribution in [1.29, 1.82) is 0 Å². The fourth-order valence-electron chi connectivity index (χ4n) is 4.30. The molecular weight excluding hydrogens is 386 g/mol. The van der Waals surface area contributed by atoms with Crippen molar-refractivity contribution in [3.63, 3.8) is 0 Å². The number of hydrogen-bond acceptors (Lipinski definition) is 4. The largest absolute Gasteiger partial charge is 0.489 e. The summed E-state index contributed by atoms with van der Waals surface area (Å²) in [5.41, 5.74) is 2.42. The van der Waals surface area contributed by atoms with E-state index in [0.29, 0.717) is 24.0 Å². The lowest BCUT2D eigenvalue weighted by molar-refractivity contribution is -0.133. The summed E-state index contributed by atoms with van der Waals surface area (Å²) in [5, 5.41) is 0.681. The number of ether oxygens (including phenoxy) is 1. The number of pyridine rings is 1. The minimum atomic E-state index is 0.0694. The predicted molar refractivity (Wildman–Crippen MR) is 114 cm³/mol. The maximum atomic E-state index is 13.0. The number of piperidine rings is 1. The SMILES string of the molecule is CC[C@H]1CN(CC(=O)N2CCC(c3ccncc3)CC2)Cc2ccc(Cl)cc2O1. The van der Waals surface area contributed by atoms with Crippen LogP contribution in [0.3, 0.4) is 0 Å². The molecule has 0 N–H and O–H groups in total. The maximum absolute atomic E-state index is 13.0. The molecule has 0 aliphatic carbocycles. The van der Waals surface area contributed by atoms with E-state index >= 15 is 0 Å². The molecule has 1 atom stereocenters. The molecule has 0 saturated carbocycles. The number of aromatic nitrogens is 1. The molecule has 6 heteroatoms. The zero-order chi connectivity index (χ0) is 20.2. The van der Waals surface area contributed by atoms with Gasteiger partial charge in [0.05, 0.1) is 6.54 Å². The molecule has 2 aliphatic rings. The summed E-state index contributed by atoms with van der Waals surface area (Å²) in [5.74, 6) is 1.58. The summed E-state index contributed by atoms with van der Waals surface area (Å²) in [4.78, 5) is 21.3. The zero-order valence-corrected chi connectivity index (χ0v) is 17.6. The van der Waals surface area contributed by atoms with E-state index in [1.165, 1.54) is 5.56 Å². The van der Waals surface area contributed by atoms with Crippen LogP contribution < -0.4 is 4.74 Å². The number of amides is 1. The molecule has 29 heavy (non-hydrogen) atoms. The average Bonchev–Trinajstić information content (AvgIpc) is 2.92. The number of carbonyl (C=O) groups is 1. The van der Waals surface area contributed by atoms with Gasteiger partial charge in [-0.2, -0.15) is 0 Å². The number of carbonyl (C=O) groups excluding carboxylic acids is 1. The van der Waals surface area contributed by atoms with Gasteiger partial charge in [-0.25, -0.2) is 0 Å². The number of likely N-dealkylation sites (tertiary alicyclic amines) is 1. The fraction of sp³-hybridized carbons (Fsp3) is 0.478. The third kappa shape index (κ3) is 4.90. The highest BCUT2D eigenvalue weighted by Crippen LogP contribution is 2.30. The van der Waals surface area contributed by atoms with Crippen molar-refractivity contribution >= 4 is 17.5 Å². The summed E-state index contributed by atoms with van der Waals surface area (Å²) < 4.78 is 6.15. The van der Waals surface area contributed by atoms with E-state index in [2.05, 4.69) is 28.9 Å². The van der Waals surface area contributed by atoms with E-state index in [4.69, 9.17) is 16.3 Å². The highest BCUT2D eigenvalue weighted by atomic mass is 35.5. The van der Waals surface area contributed by atoms with Crippen LogP contribution in [0.25, 0.3) is 0 Å². The molecule has 3 heterocycles. The lowest BCUT2D eigenvalue weighted by Gasteiger charge is -2.34. The molecule has 1 aromatic heterocycles. The van der Waals surface area contributed by atoms with Crippen LogP contribution in [0.5, 0.6) is 5.75 Å². The molecule has 0 unspecified atom stereocenters. The summed E-state index contributed by atoms with van der Waals surface area (Å²) in [7, 11) is 0. The molecule has 0 bridgehead atoms. The van der Waals surface area contributed by atoms with Crippen molar-refractivity contribution in [1.82, 2.24) is 14.8 Å². The molecule has 5 nitrogen and oxygen atoms in total. The monoisotopic (exact) mass is 413 g/mol. The Hall–Kier alpha value is -2.11. The van der Waals surface area contributed by atoms with Gasteiger partial charge >= 0.3 is 0 Å². The normalized spacial score (nSPS) is 20.6. The van der Waals surface area contributed by atoms with Gasteiger partial charge in [0.2, 0.25) is 5.91 Å². The van der Waals surface area contributed by atoms with Crippen LogP contribution in [0.15, 0.2) is 42.7 Å². The van der Waals surface area contributed by atoms with Crippen LogP contribution in [-0.2, 0) is 11.3 Å².